The van der Waals surface area contributed by atoms with E-state index in [2.05, 4.69) is 27.5 Å². The van der Waals surface area contributed by atoms with Gasteiger partial charge in [-0.25, -0.2) is 4.98 Å². The van der Waals surface area contributed by atoms with Gasteiger partial charge in [-0.05, 0) is 31.5 Å². The van der Waals surface area contributed by atoms with Gasteiger partial charge >= 0.3 is 0 Å². The number of anilines is 3. The lowest BCUT2D eigenvalue weighted by atomic mass is 10.3. The first-order valence-electron chi connectivity index (χ1n) is 6.39. The molecule has 0 aliphatic carbocycles. The van der Waals surface area contributed by atoms with E-state index in [1.807, 2.05) is 13.0 Å². The zero-order valence-electron chi connectivity index (χ0n) is 11.4. The van der Waals surface area contributed by atoms with Gasteiger partial charge in [0.05, 0.1) is 0 Å². The van der Waals surface area contributed by atoms with Crippen molar-refractivity contribution < 1.29 is 0 Å². The van der Waals surface area contributed by atoms with Gasteiger partial charge in [0.25, 0.3) is 0 Å². The Balaban J connectivity index is 2.21. The molecule has 0 aliphatic heterocycles. The Morgan fingerprint density at radius 1 is 1.05 bits per heavy atom. The smallest absolute Gasteiger partial charge is 0.229 e. The van der Waals surface area contributed by atoms with Crippen LogP contribution in [0.4, 0.5) is 17.5 Å². The molecule has 4 nitrogen and oxygen atoms in total. The molecule has 0 radical (unpaired) electrons. The number of halogens is 2. The Labute approximate surface area is 128 Å². The largest absolute Gasteiger partial charge is 0.370 e. The first-order valence-corrected chi connectivity index (χ1v) is 7.15. The standard InChI is InChI=1S/C14H16Cl2N4/c1-3-4-17-13-5-9(2)18-14(20-13)19-12-7-10(15)6-11(16)8-12/h5-8H,3-4H2,1-2H3,(H2,17,18,19,20). The van der Waals surface area contributed by atoms with Crippen molar-refractivity contribution in [2.75, 3.05) is 17.2 Å². The van der Waals surface area contributed by atoms with Crippen molar-refractivity contribution in [3.8, 4) is 0 Å². The predicted molar refractivity (Wildman–Crippen MR) is 85.3 cm³/mol. The summed E-state index contributed by atoms with van der Waals surface area (Å²) in [4.78, 5) is 8.75. The first kappa shape index (κ1) is 14.9. The Morgan fingerprint density at radius 2 is 1.75 bits per heavy atom. The van der Waals surface area contributed by atoms with Gasteiger partial charge in [0.15, 0.2) is 0 Å². The average Bonchev–Trinajstić information content (AvgIpc) is 2.34. The third-order valence-electron chi connectivity index (χ3n) is 2.53. The number of aromatic nitrogens is 2. The van der Waals surface area contributed by atoms with Crippen LogP contribution in [0.1, 0.15) is 19.0 Å². The second-order valence-corrected chi connectivity index (χ2v) is 5.30. The minimum atomic E-state index is 0.516. The number of benzene rings is 1. The fraction of sp³-hybridized carbons (Fsp3) is 0.286. The molecule has 106 valence electrons. The van der Waals surface area contributed by atoms with E-state index in [-0.39, 0.29) is 0 Å². The maximum Gasteiger partial charge on any atom is 0.229 e. The summed E-state index contributed by atoms with van der Waals surface area (Å²) in [7, 11) is 0. The minimum Gasteiger partial charge on any atom is -0.370 e. The molecule has 0 fully saturated rings. The summed E-state index contributed by atoms with van der Waals surface area (Å²) < 4.78 is 0. The molecule has 1 heterocycles. The van der Waals surface area contributed by atoms with Crippen LogP contribution >= 0.6 is 23.2 Å². The number of nitrogens with one attached hydrogen (secondary N) is 2. The van der Waals surface area contributed by atoms with Gasteiger partial charge in [-0.2, -0.15) is 4.98 Å². The molecule has 0 saturated heterocycles. The molecule has 1 aromatic heterocycles. The third kappa shape index (κ3) is 4.25. The molecule has 2 aromatic rings. The molecular formula is C14H16Cl2N4. The molecule has 20 heavy (non-hydrogen) atoms. The summed E-state index contributed by atoms with van der Waals surface area (Å²) in [6.07, 6.45) is 1.04. The molecule has 1 aromatic carbocycles. The van der Waals surface area contributed by atoms with E-state index in [1.165, 1.54) is 0 Å². The fourth-order valence-electron chi connectivity index (χ4n) is 1.72. The van der Waals surface area contributed by atoms with E-state index in [9.17, 15) is 0 Å². The second kappa shape index (κ2) is 6.77. The van der Waals surface area contributed by atoms with Crippen LogP contribution in [0.15, 0.2) is 24.3 Å². The monoisotopic (exact) mass is 310 g/mol. The molecule has 0 atom stereocenters. The maximum absolute atomic E-state index is 5.97. The summed E-state index contributed by atoms with van der Waals surface area (Å²) in [6, 6.07) is 7.14. The van der Waals surface area contributed by atoms with Crippen molar-refractivity contribution >= 4 is 40.7 Å². The van der Waals surface area contributed by atoms with Gasteiger partial charge < -0.3 is 10.6 Å². The summed E-state index contributed by atoms with van der Waals surface area (Å²) in [5.41, 5.74) is 1.64. The lowest BCUT2D eigenvalue weighted by Gasteiger charge is -2.10. The van der Waals surface area contributed by atoms with Crippen LogP contribution in [-0.4, -0.2) is 16.5 Å². The molecule has 2 rings (SSSR count). The van der Waals surface area contributed by atoms with Crippen molar-refractivity contribution in [1.82, 2.24) is 9.97 Å². The SMILES string of the molecule is CCCNc1cc(C)nc(Nc2cc(Cl)cc(Cl)c2)n1. The fourth-order valence-corrected chi connectivity index (χ4v) is 2.25. The van der Waals surface area contributed by atoms with Crippen LogP contribution < -0.4 is 10.6 Å². The lowest BCUT2D eigenvalue weighted by molar-refractivity contribution is 0.962. The highest BCUT2D eigenvalue weighted by Crippen LogP contribution is 2.24. The van der Waals surface area contributed by atoms with Crippen LogP contribution in [0, 0.1) is 6.92 Å². The molecule has 0 amide bonds. The number of hydrogen-bond donors (Lipinski definition) is 2. The van der Waals surface area contributed by atoms with Crippen molar-refractivity contribution in [3.05, 3.63) is 40.0 Å². The number of rotatable bonds is 5. The van der Waals surface area contributed by atoms with Gasteiger partial charge in [0, 0.05) is 34.0 Å². The molecule has 0 aliphatic rings. The normalized spacial score (nSPS) is 10.4. The number of aryl methyl sites for hydroxylation is 1. The summed E-state index contributed by atoms with van der Waals surface area (Å²) in [5.74, 6) is 1.32. The molecule has 2 N–H and O–H groups in total. The average molecular weight is 311 g/mol. The van der Waals surface area contributed by atoms with E-state index >= 15 is 0 Å². The Kier molecular flexibility index (Phi) is 5.04. The Bertz CT molecular complexity index is 581. The Morgan fingerprint density at radius 3 is 2.40 bits per heavy atom. The molecule has 0 unspecified atom stereocenters. The van der Waals surface area contributed by atoms with Crippen molar-refractivity contribution in [3.63, 3.8) is 0 Å². The number of hydrogen-bond acceptors (Lipinski definition) is 4. The van der Waals surface area contributed by atoms with Gasteiger partial charge in [0.1, 0.15) is 5.82 Å². The van der Waals surface area contributed by atoms with E-state index in [0.29, 0.717) is 16.0 Å². The van der Waals surface area contributed by atoms with Crippen LogP contribution in [-0.2, 0) is 0 Å². The van der Waals surface area contributed by atoms with Crippen LogP contribution in [0.25, 0.3) is 0 Å². The highest BCUT2D eigenvalue weighted by Gasteiger charge is 2.04. The Hall–Kier alpha value is -1.52. The molecular weight excluding hydrogens is 295 g/mol. The van der Waals surface area contributed by atoms with Gasteiger partial charge in [0.2, 0.25) is 5.95 Å². The van der Waals surface area contributed by atoms with Crippen molar-refractivity contribution in [2.45, 2.75) is 20.3 Å². The molecule has 0 bridgehead atoms. The van der Waals surface area contributed by atoms with Crippen molar-refractivity contribution in [1.29, 1.82) is 0 Å². The summed E-state index contributed by atoms with van der Waals surface area (Å²) >= 11 is 11.9. The zero-order valence-corrected chi connectivity index (χ0v) is 12.9. The van der Waals surface area contributed by atoms with E-state index in [1.54, 1.807) is 18.2 Å². The third-order valence-corrected chi connectivity index (χ3v) is 2.97. The first-order chi connectivity index (χ1) is 9.56. The van der Waals surface area contributed by atoms with Gasteiger partial charge in [-0.3, -0.25) is 0 Å². The van der Waals surface area contributed by atoms with E-state index < -0.39 is 0 Å². The predicted octanol–water partition coefficient (Wildman–Crippen LogP) is 4.66. The summed E-state index contributed by atoms with van der Waals surface area (Å²) in [5, 5.41) is 7.49. The molecule has 0 saturated carbocycles. The lowest BCUT2D eigenvalue weighted by Crippen LogP contribution is -2.06. The van der Waals surface area contributed by atoms with Gasteiger partial charge in [-0.15, -0.1) is 0 Å². The maximum atomic E-state index is 5.97. The molecule has 0 spiro atoms. The summed E-state index contributed by atoms with van der Waals surface area (Å²) in [6.45, 7) is 4.90. The minimum absolute atomic E-state index is 0.516. The number of nitrogens with zero attached hydrogens (tertiary/aromatic N) is 2. The van der Waals surface area contributed by atoms with E-state index in [0.717, 1.165) is 30.2 Å². The quantitative estimate of drug-likeness (QED) is 0.843. The highest BCUT2D eigenvalue weighted by atomic mass is 35.5. The topological polar surface area (TPSA) is 49.8 Å². The van der Waals surface area contributed by atoms with E-state index in [4.69, 9.17) is 23.2 Å². The zero-order chi connectivity index (χ0) is 14.5. The molecule has 6 heteroatoms. The van der Waals surface area contributed by atoms with Crippen LogP contribution in [0.2, 0.25) is 10.0 Å². The highest BCUT2D eigenvalue weighted by molar-refractivity contribution is 6.35. The second-order valence-electron chi connectivity index (χ2n) is 4.43. The van der Waals surface area contributed by atoms with Crippen LogP contribution in [0.5, 0.6) is 0 Å². The van der Waals surface area contributed by atoms with Gasteiger partial charge in [-0.1, -0.05) is 30.1 Å². The van der Waals surface area contributed by atoms with Crippen molar-refractivity contribution in [2.24, 2.45) is 0 Å². The van der Waals surface area contributed by atoms with Crippen LogP contribution in [0.3, 0.4) is 0 Å².